The monoisotopic (exact) mass is 322 g/mol. The normalized spacial score (nSPS) is 19.7. The van der Waals surface area contributed by atoms with Gasteiger partial charge in [0.05, 0.1) is 11.7 Å². The number of carbonyl (C=O) groups is 1. The molecule has 1 saturated heterocycles. The van der Waals surface area contributed by atoms with Gasteiger partial charge < -0.3 is 9.80 Å². The molecule has 0 aliphatic carbocycles. The van der Waals surface area contributed by atoms with Gasteiger partial charge >= 0.3 is 0 Å². The molecular weight excluding hydrogens is 300 g/mol. The van der Waals surface area contributed by atoms with E-state index in [1.54, 1.807) is 6.92 Å². The molecular formula is C19H22N4O. The summed E-state index contributed by atoms with van der Waals surface area (Å²) in [5.74, 6) is 1.87. The van der Waals surface area contributed by atoms with Crippen LogP contribution in [0.5, 0.6) is 0 Å². The van der Waals surface area contributed by atoms with Crippen molar-refractivity contribution in [2.24, 2.45) is 0 Å². The van der Waals surface area contributed by atoms with Gasteiger partial charge in [0.25, 0.3) is 0 Å². The number of amides is 1. The van der Waals surface area contributed by atoms with Crippen molar-refractivity contribution in [1.29, 1.82) is 0 Å². The molecule has 5 nitrogen and oxygen atoms in total. The van der Waals surface area contributed by atoms with Crippen LogP contribution in [0.3, 0.4) is 0 Å². The number of rotatable bonds is 2. The van der Waals surface area contributed by atoms with E-state index in [0.29, 0.717) is 0 Å². The zero-order valence-electron chi connectivity index (χ0n) is 14.2. The third kappa shape index (κ3) is 2.64. The van der Waals surface area contributed by atoms with Crippen molar-refractivity contribution in [3.63, 3.8) is 0 Å². The van der Waals surface area contributed by atoms with Gasteiger partial charge in [-0.2, -0.15) is 0 Å². The molecule has 4 rings (SSSR count). The third-order valence-corrected chi connectivity index (χ3v) is 5.06. The first-order valence-electron chi connectivity index (χ1n) is 8.56. The van der Waals surface area contributed by atoms with Crippen molar-refractivity contribution in [3.8, 4) is 0 Å². The summed E-state index contributed by atoms with van der Waals surface area (Å²) in [6.45, 7) is 6.24. The SMILES string of the molecule is CC(=O)N1CC[C@H]1c1cc(N2CCc3ccccc3C2)nc(C)n1. The lowest BCUT2D eigenvalue weighted by atomic mass is 9.98. The molecule has 0 saturated carbocycles. The molecule has 0 bridgehead atoms. The van der Waals surface area contributed by atoms with Gasteiger partial charge in [0.2, 0.25) is 5.91 Å². The summed E-state index contributed by atoms with van der Waals surface area (Å²) in [6.07, 6.45) is 2.02. The molecule has 2 aliphatic heterocycles. The van der Waals surface area contributed by atoms with Crippen LogP contribution >= 0.6 is 0 Å². The molecule has 5 heteroatoms. The summed E-state index contributed by atoms with van der Waals surface area (Å²) in [5.41, 5.74) is 3.77. The van der Waals surface area contributed by atoms with Crippen LogP contribution in [0.2, 0.25) is 0 Å². The number of aromatic nitrogens is 2. The largest absolute Gasteiger partial charge is 0.352 e. The molecule has 2 aromatic rings. The number of nitrogens with zero attached hydrogens (tertiary/aromatic N) is 4. The summed E-state index contributed by atoms with van der Waals surface area (Å²) in [7, 11) is 0. The van der Waals surface area contributed by atoms with Gasteiger partial charge in [0, 0.05) is 32.6 Å². The molecule has 2 aliphatic rings. The van der Waals surface area contributed by atoms with Crippen LogP contribution in [0.25, 0.3) is 0 Å². The van der Waals surface area contributed by atoms with E-state index in [1.807, 2.05) is 11.8 Å². The molecule has 1 aromatic heterocycles. The van der Waals surface area contributed by atoms with Crippen LogP contribution in [0.1, 0.15) is 42.0 Å². The number of benzene rings is 1. The second-order valence-corrected chi connectivity index (χ2v) is 6.66. The molecule has 124 valence electrons. The standard InChI is InChI=1S/C19H22N4O/c1-13-20-17(18-8-10-23(18)14(2)24)11-19(21-13)22-9-7-15-5-3-4-6-16(15)12-22/h3-6,11,18H,7-10,12H2,1-2H3/t18-/m0/s1. The summed E-state index contributed by atoms with van der Waals surface area (Å²) in [6, 6.07) is 10.8. The van der Waals surface area contributed by atoms with Crippen LogP contribution < -0.4 is 4.90 Å². The van der Waals surface area contributed by atoms with Crippen molar-refractivity contribution in [2.75, 3.05) is 18.0 Å². The Balaban J connectivity index is 1.62. The smallest absolute Gasteiger partial charge is 0.220 e. The maximum atomic E-state index is 11.7. The first-order chi connectivity index (χ1) is 11.6. The van der Waals surface area contributed by atoms with E-state index >= 15 is 0 Å². The molecule has 0 radical (unpaired) electrons. The average molecular weight is 322 g/mol. The summed E-state index contributed by atoms with van der Waals surface area (Å²) in [4.78, 5) is 25.1. The Labute approximate surface area is 142 Å². The number of anilines is 1. The van der Waals surface area contributed by atoms with Crippen LogP contribution in [0.15, 0.2) is 30.3 Å². The van der Waals surface area contributed by atoms with E-state index in [9.17, 15) is 4.79 Å². The topological polar surface area (TPSA) is 49.3 Å². The molecule has 24 heavy (non-hydrogen) atoms. The fourth-order valence-corrected chi connectivity index (χ4v) is 3.67. The average Bonchev–Trinajstić information content (AvgIpc) is 2.52. The Morgan fingerprint density at radius 2 is 1.96 bits per heavy atom. The lowest BCUT2D eigenvalue weighted by Gasteiger charge is -2.40. The maximum absolute atomic E-state index is 11.7. The van der Waals surface area contributed by atoms with Gasteiger partial charge in [-0.15, -0.1) is 0 Å². The quantitative estimate of drug-likeness (QED) is 0.853. The molecule has 0 N–H and O–H groups in total. The zero-order valence-corrected chi connectivity index (χ0v) is 14.2. The number of hydrogen-bond acceptors (Lipinski definition) is 4. The highest BCUT2D eigenvalue weighted by Crippen LogP contribution is 2.34. The van der Waals surface area contributed by atoms with Gasteiger partial charge in [-0.3, -0.25) is 4.79 Å². The van der Waals surface area contributed by atoms with Crippen LogP contribution in [-0.4, -0.2) is 33.9 Å². The minimum atomic E-state index is 0.111. The predicted molar refractivity (Wildman–Crippen MR) is 92.7 cm³/mol. The Morgan fingerprint density at radius 3 is 2.67 bits per heavy atom. The van der Waals surface area contributed by atoms with E-state index in [-0.39, 0.29) is 11.9 Å². The highest BCUT2D eigenvalue weighted by molar-refractivity contribution is 5.74. The summed E-state index contributed by atoms with van der Waals surface area (Å²) >= 11 is 0. The Kier molecular flexibility index (Phi) is 3.71. The summed E-state index contributed by atoms with van der Waals surface area (Å²) in [5, 5.41) is 0. The second-order valence-electron chi connectivity index (χ2n) is 6.66. The highest BCUT2D eigenvalue weighted by atomic mass is 16.2. The van der Waals surface area contributed by atoms with E-state index < -0.39 is 0 Å². The van der Waals surface area contributed by atoms with Crippen molar-refractivity contribution >= 4 is 11.7 Å². The third-order valence-electron chi connectivity index (χ3n) is 5.06. The Hall–Kier alpha value is -2.43. The van der Waals surface area contributed by atoms with Gasteiger partial charge in [-0.05, 0) is 30.9 Å². The number of carbonyl (C=O) groups excluding carboxylic acids is 1. The lowest BCUT2D eigenvalue weighted by Crippen LogP contribution is -2.44. The zero-order chi connectivity index (χ0) is 16.7. The van der Waals surface area contributed by atoms with Gasteiger partial charge in [-0.1, -0.05) is 24.3 Å². The van der Waals surface area contributed by atoms with Gasteiger partial charge in [0.15, 0.2) is 0 Å². The minimum Gasteiger partial charge on any atom is -0.352 e. The molecule has 0 unspecified atom stereocenters. The van der Waals surface area contributed by atoms with Crippen molar-refractivity contribution < 1.29 is 4.79 Å². The van der Waals surface area contributed by atoms with Crippen LogP contribution in [0, 0.1) is 6.92 Å². The fraction of sp³-hybridized carbons (Fsp3) is 0.421. The molecule has 1 amide bonds. The number of likely N-dealkylation sites (tertiary alicyclic amines) is 1. The van der Waals surface area contributed by atoms with Crippen molar-refractivity contribution in [2.45, 2.75) is 39.3 Å². The number of aryl methyl sites for hydroxylation is 1. The molecule has 1 aromatic carbocycles. The van der Waals surface area contributed by atoms with E-state index in [4.69, 9.17) is 0 Å². The second kappa shape index (κ2) is 5.89. The van der Waals surface area contributed by atoms with E-state index in [2.05, 4.69) is 45.2 Å². The number of hydrogen-bond donors (Lipinski definition) is 0. The fourth-order valence-electron chi connectivity index (χ4n) is 3.67. The first kappa shape index (κ1) is 15.1. The van der Waals surface area contributed by atoms with Crippen LogP contribution in [0.4, 0.5) is 5.82 Å². The lowest BCUT2D eigenvalue weighted by molar-refractivity contribution is -0.136. The molecule has 1 atom stereocenters. The predicted octanol–water partition coefficient (Wildman–Crippen LogP) is 2.64. The Morgan fingerprint density at radius 1 is 1.17 bits per heavy atom. The molecule has 3 heterocycles. The summed E-state index contributed by atoms with van der Waals surface area (Å²) < 4.78 is 0. The van der Waals surface area contributed by atoms with Crippen molar-refractivity contribution in [3.05, 3.63) is 53.0 Å². The number of fused-ring (bicyclic) bond motifs is 1. The highest BCUT2D eigenvalue weighted by Gasteiger charge is 2.33. The maximum Gasteiger partial charge on any atom is 0.220 e. The van der Waals surface area contributed by atoms with Gasteiger partial charge in [0.1, 0.15) is 11.6 Å². The molecule has 0 spiro atoms. The van der Waals surface area contributed by atoms with E-state index in [0.717, 1.165) is 49.8 Å². The van der Waals surface area contributed by atoms with E-state index in [1.165, 1.54) is 11.1 Å². The van der Waals surface area contributed by atoms with Gasteiger partial charge in [-0.25, -0.2) is 9.97 Å². The first-order valence-corrected chi connectivity index (χ1v) is 8.56. The van der Waals surface area contributed by atoms with Crippen molar-refractivity contribution in [1.82, 2.24) is 14.9 Å². The minimum absolute atomic E-state index is 0.111. The Bertz CT molecular complexity index is 789. The van der Waals surface area contributed by atoms with Crippen LogP contribution in [-0.2, 0) is 17.8 Å². The molecule has 1 fully saturated rings.